The number of aryl methyl sites for hydroxylation is 1. The molecule has 102 valence electrons. The number of amidine groups is 1. The number of oxime groups is 1. The second-order valence-electron chi connectivity index (χ2n) is 3.40. The normalized spacial score (nSPS) is 12.9. The monoisotopic (exact) mass is 340 g/mol. The third kappa shape index (κ3) is 3.65. The maximum atomic E-state index is 11.9. The van der Waals surface area contributed by atoms with Crippen molar-refractivity contribution in [2.75, 3.05) is 6.54 Å². The van der Waals surface area contributed by atoms with E-state index in [1.807, 2.05) is 0 Å². The van der Waals surface area contributed by atoms with Crippen molar-refractivity contribution >= 4 is 31.8 Å². The second-order valence-corrected chi connectivity index (χ2v) is 5.84. The summed E-state index contributed by atoms with van der Waals surface area (Å²) >= 11 is 3.01. The van der Waals surface area contributed by atoms with Gasteiger partial charge in [0.25, 0.3) is 10.0 Å². The van der Waals surface area contributed by atoms with Crippen LogP contribution in [-0.2, 0) is 17.1 Å². The molecule has 0 aliphatic rings. The summed E-state index contributed by atoms with van der Waals surface area (Å²) in [5, 5.41) is 18.2. The van der Waals surface area contributed by atoms with Crippen molar-refractivity contribution in [1.29, 1.82) is 0 Å². The first-order valence-corrected chi connectivity index (χ1v) is 7.17. The van der Waals surface area contributed by atoms with Crippen molar-refractivity contribution < 1.29 is 13.6 Å². The van der Waals surface area contributed by atoms with Crippen LogP contribution in [0.5, 0.6) is 0 Å². The molecular weight excluding hydrogens is 328 g/mol. The summed E-state index contributed by atoms with van der Waals surface area (Å²) in [5.74, 6) is 0.0533. The Kier molecular flexibility index (Phi) is 5.04. The number of aromatic nitrogens is 3. The smallest absolute Gasteiger partial charge is 0.260 e. The highest BCUT2D eigenvalue weighted by Gasteiger charge is 2.23. The Morgan fingerprint density at radius 1 is 1.67 bits per heavy atom. The number of nitrogens with one attached hydrogen (secondary N) is 1. The molecule has 1 heterocycles. The van der Waals surface area contributed by atoms with Gasteiger partial charge >= 0.3 is 0 Å². The first kappa shape index (κ1) is 14.9. The van der Waals surface area contributed by atoms with Crippen molar-refractivity contribution in [2.24, 2.45) is 17.9 Å². The molecular formula is C7H13BrN6O3S. The zero-order valence-corrected chi connectivity index (χ0v) is 11.9. The van der Waals surface area contributed by atoms with Gasteiger partial charge in [-0.25, -0.2) is 17.8 Å². The van der Waals surface area contributed by atoms with E-state index in [0.29, 0.717) is 12.8 Å². The lowest BCUT2D eigenvalue weighted by atomic mass is 10.3. The molecule has 0 spiro atoms. The summed E-state index contributed by atoms with van der Waals surface area (Å²) in [6.45, 7) is 0.163. The van der Waals surface area contributed by atoms with E-state index in [4.69, 9.17) is 10.9 Å². The minimum atomic E-state index is -3.69. The van der Waals surface area contributed by atoms with Gasteiger partial charge in [-0.05, 0) is 22.4 Å². The van der Waals surface area contributed by atoms with Crippen molar-refractivity contribution in [3.63, 3.8) is 0 Å². The Morgan fingerprint density at radius 3 is 2.83 bits per heavy atom. The van der Waals surface area contributed by atoms with Crippen LogP contribution >= 0.6 is 15.9 Å². The molecule has 4 N–H and O–H groups in total. The van der Waals surface area contributed by atoms with Crippen LogP contribution in [0, 0.1) is 0 Å². The van der Waals surface area contributed by atoms with Gasteiger partial charge in [-0.15, -0.1) is 5.10 Å². The minimum Gasteiger partial charge on any atom is -0.409 e. The molecule has 18 heavy (non-hydrogen) atoms. The Labute approximate surface area is 112 Å². The molecule has 0 aliphatic heterocycles. The molecule has 0 amide bonds. The molecule has 0 saturated heterocycles. The molecule has 0 bridgehead atoms. The van der Waals surface area contributed by atoms with E-state index < -0.39 is 10.0 Å². The number of hydrogen-bond acceptors (Lipinski definition) is 6. The molecule has 0 aromatic carbocycles. The first-order chi connectivity index (χ1) is 8.38. The van der Waals surface area contributed by atoms with Crippen molar-refractivity contribution in [3.05, 3.63) is 4.60 Å². The predicted molar refractivity (Wildman–Crippen MR) is 66.5 cm³/mol. The highest BCUT2D eigenvalue weighted by molar-refractivity contribution is 9.10. The molecule has 0 atom stereocenters. The van der Waals surface area contributed by atoms with Crippen molar-refractivity contribution in [1.82, 2.24) is 19.7 Å². The van der Waals surface area contributed by atoms with Crippen LogP contribution in [0.2, 0.25) is 0 Å². The Balaban J connectivity index is 2.62. The summed E-state index contributed by atoms with van der Waals surface area (Å²) in [6.07, 6.45) is 0.710. The molecule has 0 unspecified atom stereocenters. The molecule has 1 rings (SSSR count). The second kappa shape index (κ2) is 6.11. The largest absolute Gasteiger partial charge is 0.409 e. The number of nitrogens with two attached hydrogens (primary N) is 1. The van der Waals surface area contributed by atoms with Gasteiger partial charge in [0.1, 0.15) is 5.84 Å². The van der Waals surface area contributed by atoms with Crippen LogP contribution in [0.1, 0.15) is 12.8 Å². The highest BCUT2D eigenvalue weighted by atomic mass is 79.9. The molecule has 0 aliphatic carbocycles. The number of halogens is 1. The van der Waals surface area contributed by atoms with Gasteiger partial charge in [0.2, 0.25) is 5.03 Å². The van der Waals surface area contributed by atoms with E-state index in [-0.39, 0.29) is 22.0 Å². The van der Waals surface area contributed by atoms with E-state index in [1.54, 1.807) is 0 Å². The summed E-state index contributed by atoms with van der Waals surface area (Å²) in [6, 6.07) is 0. The lowest BCUT2D eigenvalue weighted by Crippen LogP contribution is -2.28. The van der Waals surface area contributed by atoms with E-state index in [9.17, 15) is 8.42 Å². The van der Waals surface area contributed by atoms with Gasteiger partial charge in [-0.3, -0.25) is 0 Å². The zero-order valence-electron chi connectivity index (χ0n) is 9.54. The third-order valence-electron chi connectivity index (χ3n) is 2.02. The van der Waals surface area contributed by atoms with Gasteiger partial charge < -0.3 is 10.9 Å². The van der Waals surface area contributed by atoms with Crippen molar-refractivity contribution in [3.8, 4) is 0 Å². The number of hydrogen-bond donors (Lipinski definition) is 3. The van der Waals surface area contributed by atoms with Crippen LogP contribution in [0.4, 0.5) is 0 Å². The van der Waals surface area contributed by atoms with E-state index in [2.05, 4.69) is 36.1 Å². The predicted octanol–water partition coefficient (Wildman–Crippen LogP) is -0.617. The van der Waals surface area contributed by atoms with Gasteiger partial charge in [0.05, 0.1) is 0 Å². The first-order valence-electron chi connectivity index (χ1n) is 4.89. The number of nitrogens with zero attached hydrogens (tertiary/aromatic N) is 4. The van der Waals surface area contributed by atoms with E-state index in [1.165, 1.54) is 7.05 Å². The molecule has 0 radical (unpaired) electrons. The standard InChI is InChI=1S/C7H13BrN6O3S/c1-14-7(6(8)11-13-14)18(16,17)10-4-2-3-5(9)12-15/h10,15H,2-4H2,1H3,(H2,9,12). The summed E-state index contributed by atoms with van der Waals surface area (Å²) in [4.78, 5) is 0. The SMILES string of the molecule is Cn1nnc(Br)c1S(=O)(=O)NCCCC(N)=NO. The Bertz CT molecular complexity index is 520. The third-order valence-corrected chi connectivity index (χ3v) is 4.37. The quantitative estimate of drug-likeness (QED) is 0.207. The fourth-order valence-electron chi connectivity index (χ4n) is 1.20. The van der Waals surface area contributed by atoms with E-state index >= 15 is 0 Å². The zero-order chi connectivity index (χ0) is 13.8. The molecule has 1 aromatic rings. The van der Waals surface area contributed by atoms with Crippen molar-refractivity contribution in [2.45, 2.75) is 17.9 Å². The van der Waals surface area contributed by atoms with Gasteiger partial charge in [-0.1, -0.05) is 10.4 Å². The fourth-order valence-corrected chi connectivity index (χ4v) is 3.37. The van der Waals surface area contributed by atoms with Gasteiger partial charge in [0.15, 0.2) is 4.60 Å². The van der Waals surface area contributed by atoms with Crippen LogP contribution in [0.3, 0.4) is 0 Å². The van der Waals surface area contributed by atoms with Gasteiger partial charge in [-0.2, -0.15) is 0 Å². The summed E-state index contributed by atoms with van der Waals surface area (Å²) in [7, 11) is -2.21. The average molecular weight is 341 g/mol. The molecule has 0 fully saturated rings. The molecule has 11 heteroatoms. The summed E-state index contributed by atoms with van der Waals surface area (Å²) < 4.78 is 27.5. The Morgan fingerprint density at radius 2 is 2.33 bits per heavy atom. The lowest BCUT2D eigenvalue weighted by Gasteiger charge is -2.06. The lowest BCUT2D eigenvalue weighted by molar-refractivity contribution is 0.316. The average Bonchev–Trinajstić information content (AvgIpc) is 2.64. The maximum absolute atomic E-state index is 11.9. The van der Waals surface area contributed by atoms with E-state index in [0.717, 1.165) is 4.68 Å². The van der Waals surface area contributed by atoms with Crippen LogP contribution in [-0.4, -0.2) is 41.0 Å². The van der Waals surface area contributed by atoms with Crippen LogP contribution in [0.15, 0.2) is 14.8 Å². The maximum Gasteiger partial charge on any atom is 0.260 e. The molecule has 0 saturated carbocycles. The topological polar surface area (TPSA) is 135 Å². The number of rotatable bonds is 6. The van der Waals surface area contributed by atoms with Gasteiger partial charge in [0, 0.05) is 20.0 Å². The molecule has 9 nitrogen and oxygen atoms in total. The minimum absolute atomic E-state index is 0.0497. The molecule has 1 aromatic heterocycles. The fraction of sp³-hybridized carbons (Fsp3) is 0.571. The highest BCUT2D eigenvalue weighted by Crippen LogP contribution is 2.17. The summed E-state index contributed by atoms with van der Waals surface area (Å²) in [5.41, 5.74) is 5.26. The van der Waals surface area contributed by atoms with Crippen LogP contribution < -0.4 is 10.5 Å². The Hall–Kier alpha value is -1.20. The van der Waals surface area contributed by atoms with Crippen LogP contribution in [0.25, 0.3) is 0 Å². The number of sulfonamides is 1.